The van der Waals surface area contributed by atoms with Gasteiger partial charge < -0.3 is 39.4 Å². The Hall–Kier alpha value is -2.28. The summed E-state index contributed by atoms with van der Waals surface area (Å²) in [5.41, 5.74) is 5.86. The number of benzene rings is 2. The highest BCUT2D eigenvalue weighted by Gasteiger charge is 2.27. The lowest BCUT2D eigenvalue weighted by Crippen LogP contribution is -2.33. The molecule has 2 aromatic rings. The Morgan fingerprint density at radius 2 is 0.685 bits per heavy atom. The molecule has 312 valence electrons. The number of phenolic OH excluding ortho intramolecular Hbond substituents is 2. The number of aliphatic hydroxyl groups excluding tert-OH is 2. The summed E-state index contributed by atoms with van der Waals surface area (Å²) in [4.78, 5) is 4.59. The maximum absolute atomic E-state index is 11.4. The molecule has 0 radical (unpaired) electrons. The van der Waals surface area contributed by atoms with Crippen LogP contribution >= 0.6 is 0 Å². The van der Waals surface area contributed by atoms with Gasteiger partial charge in [-0.3, -0.25) is 9.80 Å². The Bertz CT molecular complexity index is 1230. The molecule has 10 heteroatoms. The van der Waals surface area contributed by atoms with Crippen molar-refractivity contribution in [2.45, 2.75) is 118 Å². The maximum Gasteiger partial charge on any atom is 0.123 e. The van der Waals surface area contributed by atoms with Crippen LogP contribution in [0.4, 0.5) is 0 Å². The van der Waals surface area contributed by atoms with Crippen molar-refractivity contribution in [3.63, 3.8) is 0 Å². The molecular formula is C44H78N2O8. The van der Waals surface area contributed by atoms with Gasteiger partial charge in [-0.25, -0.2) is 0 Å². The number of nitrogens with zero attached hydrogens (tertiary/aromatic N) is 2. The second kappa shape index (κ2) is 23.1. The minimum Gasteiger partial charge on any atom is -0.507 e. The van der Waals surface area contributed by atoms with Gasteiger partial charge in [0, 0.05) is 64.6 Å². The predicted octanol–water partition coefficient (Wildman–Crippen LogP) is 6.89. The second-order valence-electron chi connectivity index (χ2n) is 18.1. The van der Waals surface area contributed by atoms with Crippen molar-refractivity contribution in [2.24, 2.45) is 0 Å². The molecule has 0 spiro atoms. The van der Waals surface area contributed by atoms with Crippen LogP contribution in [0, 0.1) is 0 Å². The lowest BCUT2D eigenvalue weighted by Gasteiger charge is -2.30. The molecule has 1 aliphatic heterocycles. The summed E-state index contributed by atoms with van der Waals surface area (Å²) in [6.07, 6.45) is 0. The lowest BCUT2D eigenvalue weighted by atomic mass is 9.79. The SMILES string of the molecule is CC(C)(C)c1cc(CN2CCOCCOCCN(Cc3cc(C(C)(C)C)cc(C(C)(C)C)c3O)CCOCCOCC2)c(O)c(C(C)(C)C)c1.CO.CO. The molecule has 1 fully saturated rings. The molecule has 10 nitrogen and oxygen atoms in total. The van der Waals surface area contributed by atoms with Crippen LogP contribution in [0.15, 0.2) is 24.3 Å². The van der Waals surface area contributed by atoms with Gasteiger partial charge in [0.1, 0.15) is 11.5 Å². The van der Waals surface area contributed by atoms with Crippen LogP contribution in [-0.2, 0) is 53.7 Å². The first kappa shape index (κ1) is 49.7. The topological polar surface area (TPSA) is 124 Å². The Labute approximate surface area is 328 Å². The number of hydrogen-bond donors (Lipinski definition) is 4. The number of hydrogen-bond acceptors (Lipinski definition) is 10. The van der Waals surface area contributed by atoms with Gasteiger partial charge in [-0.1, -0.05) is 107 Å². The minimum atomic E-state index is -0.175. The molecular weight excluding hydrogens is 684 g/mol. The van der Waals surface area contributed by atoms with Gasteiger partial charge in [-0.05, 0) is 43.9 Å². The standard InChI is InChI=1S/C42H70N2O6.2CH4O/c1-39(2,3)33-25-31(37(45)35(27-33)41(7,8)9)29-43-13-17-47-21-23-49-19-15-44(16-20-50-24-22-48-18-14-43)30-32-26-34(40(4,5)6)28-36(38(32)46)42(10,11)12;2*1-2/h25-28,45-46H,13-24,29-30H2,1-12H3;2*2H,1H3. The zero-order valence-electron chi connectivity index (χ0n) is 36.5. The molecule has 0 aliphatic carbocycles. The number of rotatable bonds is 4. The average molecular weight is 763 g/mol. The zero-order valence-corrected chi connectivity index (χ0v) is 36.5. The summed E-state index contributed by atoms with van der Waals surface area (Å²) >= 11 is 0. The van der Waals surface area contributed by atoms with E-state index >= 15 is 0 Å². The Kier molecular flexibility index (Phi) is 21.3. The molecule has 3 rings (SSSR count). The van der Waals surface area contributed by atoms with E-state index in [2.05, 4.69) is 117 Å². The number of ether oxygens (including phenoxy) is 4. The van der Waals surface area contributed by atoms with Gasteiger partial charge in [0.25, 0.3) is 0 Å². The average Bonchev–Trinajstić information content (AvgIpc) is 3.07. The highest BCUT2D eigenvalue weighted by atomic mass is 16.5. The molecule has 0 aromatic heterocycles. The first-order valence-corrected chi connectivity index (χ1v) is 19.6. The van der Waals surface area contributed by atoms with E-state index in [4.69, 9.17) is 29.2 Å². The van der Waals surface area contributed by atoms with Crippen LogP contribution in [0.2, 0.25) is 0 Å². The van der Waals surface area contributed by atoms with Crippen molar-refractivity contribution in [2.75, 3.05) is 93.3 Å². The van der Waals surface area contributed by atoms with E-state index in [1.807, 2.05) is 0 Å². The van der Waals surface area contributed by atoms with Crippen LogP contribution in [0.5, 0.6) is 11.5 Å². The minimum absolute atomic E-state index is 0.0337. The van der Waals surface area contributed by atoms with E-state index in [0.717, 1.165) is 36.5 Å². The molecule has 0 atom stereocenters. The molecule has 0 amide bonds. The summed E-state index contributed by atoms with van der Waals surface area (Å²) in [6.45, 7) is 34.6. The molecule has 0 unspecified atom stereocenters. The summed E-state index contributed by atoms with van der Waals surface area (Å²) in [6, 6.07) is 8.66. The maximum atomic E-state index is 11.4. The van der Waals surface area contributed by atoms with Gasteiger partial charge in [0.05, 0.1) is 52.9 Å². The van der Waals surface area contributed by atoms with Crippen molar-refractivity contribution in [1.82, 2.24) is 9.80 Å². The third-order valence-electron chi connectivity index (χ3n) is 9.47. The first-order valence-electron chi connectivity index (χ1n) is 19.6. The first-order chi connectivity index (χ1) is 25.2. The van der Waals surface area contributed by atoms with Crippen molar-refractivity contribution < 1.29 is 39.4 Å². The lowest BCUT2D eigenvalue weighted by molar-refractivity contribution is 0.00609. The highest BCUT2D eigenvalue weighted by Crippen LogP contribution is 2.39. The van der Waals surface area contributed by atoms with Crippen molar-refractivity contribution in [3.05, 3.63) is 57.6 Å². The molecule has 1 heterocycles. The summed E-state index contributed by atoms with van der Waals surface area (Å²) in [5, 5.41) is 36.8. The van der Waals surface area contributed by atoms with Gasteiger partial charge in [0.15, 0.2) is 0 Å². The highest BCUT2D eigenvalue weighted by molar-refractivity contribution is 5.49. The van der Waals surface area contributed by atoms with E-state index in [0.29, 0.717) is 104 Å². The summed E-state index contributed by atoms with van der Waals surface area (Å²) in [7, 11) is 2.00. The van der Waals surface area contributed by atoms with Crippen LogP contribution in [0.25, 0.3) is 0 Å². The van der Waals surface area contributed by atoms with Crippen molar-refractivity contribution >= 4 is 0 Å². The van der Waals surface area contributed by atoms with Gasteiger partial charge in [-0.15, -0.1) is 0 Å². The van der Waals surface area contributed by atoms with Crippen LogP contribution < -0.4 is 0 Å². The van der Waals surface area contributed by atoms with Gasteiger partial charge in [0.2, 0.25) is 0 Å². The van der Waals surface area contributed by atoms with E-state index in [9.17, 15) is 10.2 Å². The molecule has 54 heavy (non-hydrogen) atoms. The largest absolute Gasteiger partial charge is 0.507 e. The van der Waals surface area contributed by atoms with Crippen LogP contribution in [0.1, 0.15) is 116 Å². The third kappa shape index (κ3) is 16.8. The van der Waals surface area contributed by atoms with E-state index in [1.165, 1.54) is 11.1 Å². The normalized spacial score (nSPS) is 17.3. The molecule has 4 N–H and O–H groups in total. The fourth-order valence-electron chi connectivity index (χ4n) is 6.08. The molecule has 0 saturated carbocycles. The number of phenols is 2. The summed E-state index contributed by atoms with van der Waals surface area (Å²) in [5.74, 6) is 0.767. The van der Waals surface area contributed by atoms with Gasteiger partial charge in [-0.2, -0.15) is 0 Å². The Morgan fingerprint density at radius 1 is 0.426 bits per heavy atom. The summed E-state index contributed by atoms with van der Waals surface area (Å²) < 4.78 is 24.1. The number of aromatic hydroxyl groups is 2. The van der Waals surface area contributed by atoms with E-state index in [1.54, 1.807) is 0 Å². The fraction of sp³-hybridized carbons (Fsp3) is 0.727. The quantitative estimate of drug-likeness (QED) is 0.262. The second-order valence-corrected chi connectivity index (χ2v) is 18.1. The van der Waals surface area contributed by atoms with E-state index in [-0.39, 0.29) is 21.7 Å². The molecule has 0 bridgehead atoms. The Morgan fingerprint density at radius 3 is 0.907 bits per heavy atom. The zero-order chi connectivity index (χ0) is 41.3. The van der Waals surface area contributed by atoms with Gasteiger partial charge >= 0.3 is 0 Å². The fourth-order valence-corrected chi connectivity index (χ4v) is 6.08. The predicted molar refractivity (Wildman–Crippen MR) is 221 cm³/mol. The van der Waals surface area contributed by atoms with Crippen molar-refractivity contribution in [3.8, 4) is 11.5 Å². The van der Waals surface area contributed by atoms with Crippen LogP contribution in [0.3, 0.4) is 0 Å². The smallest absolute Gasteiger partial charge is 0.123 e. The van der Waals surface area contributed by atoms with E-state index < -0.39 is 0 Å². The molecule has 1 saturated heterocycles. The van der Waals surface area contributed by atoms with Crippen molar-refractivity contribution in [1.29, 1.82) is 0 Å². The third-order valence-corrected chi connectivity index (χ3v) is 9.47. The monoisotopic (exact) mass is 763 g/mol. The Balaban J connectivity index is 0.00000352. The molecule has 1 aliphatic rings. The molecule has 2 aromatic carbocycles. The van der Waals surface area contributed by atoms with Crippen LogP contribution in [-0.4, -0.2) is 123 Å². The number of aliphatic hydroxyl groups is 2.